The molecule has 1 atom stereocenters. The van der Waals surface area contributed by atoms with Crippen LogP contribution in [0.15, 0.2) is 78.8 Å². The average Bonchev–Trinajstić information content (AvgIpc) is 3.59. The zero-order valence-corrected chi connectivity index (χ0v) is 22.0. The first kappa shape index (κ1) is 24.9. The molecule has 1 aliphatic rings. The van der Waals surface area contributed by atoms with E-state index >= 15 is 0 Å². The van der Waals surface area contributed by atoms with Gasteiger partial charge in [-0.1, -0.05) is 23.7 Å². The maximum Gasteiger partial charge on any atom is 0.265 e. The number of fused-ring (bicyclic) bond motifs is 2. The number of halogens is 1. The highest BCUT2D eigenvalue weighted by Crippen LogP contribution is 2.29. The summed E-state index contributed by atoms with van der Waals surface area (Å²) in [4.78, 5) is 55.0. The number of hydrogen-bond acceptors (Lipinski definition) is 7. The number of thiophene rings is 1. The highest BCUT2D eigenvalue weighted by atomic mass is 35.5. The van der Waals surface area contributed by atoms with Gasteiger partial charge in [-0.15, -0.1) is 11.3 Å². The molecule has 1 aromatic carbocycles. The minimum Gasteiger partial charge on any atom is -0.323 e. The summed E-state index contributed by atoms with van der Waals surface area (Å²) < 4.78 is 1.74. The van der Waals surface area contributed by atoms with Crippen LogP contribution in [0.3, 0.4) is 0 Å². The summed E-state index contributed by atoms with van der Waals surface area (Å²) in [5.41, 5.74) is 2.92. The number of rotatable bonds is 6. The zero-order chi connectivity index (χ0) is 26.9. The fourth-order valence-corrected chi connectivity index (χ4v) is 5.86. The van der Waals surface area contributed by atoms with Gasteiger partial charge in [0.05, 0.1) is 21.5 Å². The Morgan fingerprint density at radius 3 is 2.69 bits per heavy atom. The number of anilines is 1. The maximum absolute atomic E-state index is 13.6. The molecule has 1 N–H and O–H groups in total. The summed E-state index contributed by atoms with van der Waals surface area (Å²) >= 11 is 7.88. The average molecular weight is 557 g/mol. The summed E-state index contributed by atoms with van der Waals surface area (Å²) in [6, 6.07) is 11.7. The van der Waals surface area contributed by atoms with Crippen molar-refractivity contribution in [1.82, 2.24) is 24.3 Å². The van der Waals surface area contributed by atoms with E-state index in [1.165, 1.54) is 11.3 Å². The van der Waals surface area contributed by atoms with Gasteiger partial charge in [-0.2, -0.15) is 0 Å². The van der Waals surface area contributed by atoms with E-state index < -0.39 is 11.9 Å². The number of ketones is 1. The van der Waals surface area contributed by atoms with Crippen LogP contribution >= 0.6 is 22.9 Å². The summed E-state index contributed by atoms with van der Waals surface area (Å²) in [6.45, 7) is 0.149. The van der Waals surface area contributed by atoms with E-state index in [-0.39, 0.29) is 35.2 Å². The monoisotopic (exact) mass is 556 g/mol. The zero-order valence-electron chi connectivity index (χ0n) is 20.5. The van der Waals surface area contributed by atoms with Crippen LogP contribution in [0.5, 0.6) is 0 Å². The number of pyridine rings is 1. The van der Waals surface area contributed by atoms with Crippen molar-refractivity contribution in [2.45, 2.75) is 25.4 Å². The van der Waals surface area contributed by atoms with Crippen molar-refractivity contribution in [2.75, 3.05) is 5.32 Å². The second-order valence-electron chi connectivity index (χ2n) is 9.09. The van der Waals surface area contributed by atoms with Crippen LogP contribution in [0, 0.1) is 0 Å². The molecule has 0 saturated heterocycles. The van der Waals surface area contributed by atoms with Crippen molar-refractivity contribution in [3.05, 3.63) is 111 Å². The number of imidazole rings is 1. The van der Waals surface area contributed by atoms with Crippen molar-refractivity contribution in [3.8, 4) is 0 Å². The topological polar surface area (TPSA) is 110 Å². The second kappa shape index (κ2) is 10.4. The largest absolute Gasteiger partial charge is 0.323 e. The Bertz CT molecular complexity index is 1720. The van der Waals surface area contributed by atoms with Gasteiger partial charge >= 0.3 is 0 Å². The summed E-state index contributed by atoms with van der Waals surface area (Å²) in [5, 5.41) is 4.80. The Morgan fingerprint density at radius 2 is 1.90 bits per heavy atom. The van der Waals surface area contributed by atoms with E-state index in [0.29, 0.717) is 28.3 Å². The predicted molar refractivity (Wildman–Crippen MR) is 147 cm³/mol. The van der Waals surface area contributed by atoms with Crippen molar-refractivity contribution < 1.29 is 14.4 Å². The molecule has 1 aliphatic heterocycles. The van der Waals surface area contributed by atoms with E-state index in [2.05, 4.69) is 20.3 Å². The first-order valence-corrected chi connectivity index (χ1v) is 13.4. The van der Waals surface area contributed by atoms with Crippen LogP contribution in [-0.2, 0) is 24.2 Å². The molecule has 39 heavy (non-hydrogen) atoms. The number of benzene rings is 1. The molecule has 9 nitrogen and oxygen atoms in total. The number of nitrogens with one attached hydrogen (secondary N) is 1. The van der Waals surface area contributed by atoms with Gasteiger partial charge in [0.15, 0.2) is 17.2 Å². The minimum atomic E-state index is -0.685. The van der Waals surface area contributed by atoms with Gasteiger partial charge in [-0.3, -0.25) is 19.4 Å². The van der Waals surface area contributed by atoms with E-state index in [4.69, 9.17) is 11.6 Å². The molecule has 0 fully saturated rings. The highest BCUT2D eigenvalue weighted by molar-refractivity contribution is 7.12. The summed E-state index contributed by atoms with van der Waals surface area (Å²) in [6.07, 6.45) is 8.83. The molecule has 4 aromatic heterocycles. The van der Waals surface area contributed by atoms with Crippen molar-refractivity contribution >= 4 is 52.0 Å². The SMILES string of the molecule is O=C(Nc1nccn2ccnc12)c1ccc(CN2C(=O)c3sccc3CC(=O)C2Cc2ccccn2)cc1Cl. The number of amides is 2. The van der Waals surface area contributed by atoms with Crippen LogP contribution in [0.1, 0.15) is 36.9 Å². The fraction of sp³-hybridized carbons (Fsp3) is 0.143. The quantitative estimate of drug-likeness (QED) is 0.330. The normalized spacial score (nSPS) is 15.3. The van der Waals surface area contributed by atoms with Gasteiger partial charge in [0, 0.05) is 56.1 Å². The van der Waals surface area contributed by atoms with Crippen LogP contribution in [0.25, 0.3) is 5.65 Å². The Labute approximate surface area is 232 Å². The molecule has 0 saturated carbocycles. The summed E-state index contributed by atoms with van der Waals surface area (Å²) in [5.74, 6) is -0.379. The Balaban J connectivity index is 1.27. The van der Waals surface area contributed by atoms with Crippen LogP contribution in [0.2, 0.25) is 5.02 Å². The molecule has 0 spiro atoms. The van der Waals surface area contributed by atoms with Crippen LogP contribution < -0.4 is 5.32 Å². The standard InChI is InChI=1S/C28H21ClN6O3S/c29-21-13-17(4-5-20(21)27(37)33-25-26-32-9-11-34(26)10-8-31-25)16-35-22(15-19-3-1-2-7-30-19)23(36)14-18-6-12-39-24(18)28(35)38/h1-13,22H,14-16H2,(H,31,33,37). The van der Waals surface area contributed by atoms with E-state index in [1.54, 1.807) is 58.5 Å². The molecule has 2 amide bonds. The molecule has 5 aromatic rings. The number of carbonyl (C=O) groups is 3. The van der Waals surface area contributed by atoms with Gasteiger partial charge in [0.25, 0.3) is 11.8 Å². The number of carbonyl (C=O) groups excluding carboxylic acids is 3. The Hall–Kier alpha value is -4.41. The lowest BCUT2D eigenvalue weighted by atomic mass is 10.0. The summed E-state index contributed by atoms with van der Waals surface area (Å²) in [7, 11) is 0. The van der Waals surface area contributed by atoms with Crippen molar-refractivity contribution in [1.29, 1.82) is 0 Å². The third-order valence-corrected chi connectivity index (χ3v) is 7.87. The molecule has 1 unspecified atom stereocenters. The molecular weight excluding hydrogens is 536 g/mol. The van der Waals surface area contributed by atoms with Crippen molar-refractivity contribution in [3.63, 3.8) is 0 Å². The van der Waals surface area contributed by atoms with Gasteiger partial charge in [0.1, 0.15) is 0 Å². The number of Topliss-reactive ketones (excluding diaryl/α,β-unsaturated/α-hetero) is 1. The number of hydrogen-bond donors (Lipinski definition) is 1. The van der Waals surface area contributed by atoms with E-state index in [1.807, 2.05) is 29.6 Å². The number of nitrogens with zero attached hydrogens (tertiary/aromatic N) is 5. The molecule has 0 bridgehead atoms. The van der Waals surface area contributed by atoms with Crippen LogP contribution in [-0.4, -0.2) is 47.9 Å². The van der Waals surface area contributed by atoms with Gasteiger partial charge in [0.2, 0.25) is 0 Å². The second-order valence-corrected chi connectivity index (χ2v) is 10.4. The highest BCUT2D eigenvalue weighted by Gasteiger charge is 2.36. The Kier molecular flexibility index (Phi) is 6.64. The van der Waals surface area contributed by atoms with E-state index in [9.17, 15) is 14.4 Å². The third kappa shape index (κ3) is 4.91. The van der Waals surface area contributed by atoms with Crippen molar-refractivity contribution in [2.24, 2.45) is 0 Å². The smallest absolute Gasteiger partial charge is 0.265 e. The predicted octanol–water partition coefficient (Wildman–Crippen LogP) is 4.47. The minimum absolute atomic E-state index is 0.0473. The fourth-order valence-electron chi connectivity index (χ4n) is 4.69. The van der Waals surface area contributed by atoms with Gasteiger partial charge < -0.3 is 14.6 Å². The lowest BCUT2D eigenvalue weighted by Crippen LogP contribution is -2.44. The molecule has 6 rings (SSSR count). The lowest BCUT2D eigenvalue weighted by molar-refractivity contribution is -0.122. The molecule has 0 aliphatic carbocycles. The Morgan fingerprint density at radius 1 is 1.05 bits per heavy atom. The molecule has 194 valence electrons. The van der Waals surface area contributed by atoms with Gasteiger partial charge in [-0.25, -0.2) is 9.97 Å². The molecular formula is C28H21ClN6O3S. The first-order valence-electron chi connectivity index (χ1n) is 12.2. The third-order valence-electron chi connectivity index (χ3n) is 6.62. The van der Waals surface area contributed by atoms with Crippen LogP contribution in [0.4, 0.5) is 5.82 Å². The molecule has 0 radical (unpaired) electrons. The first-order chi connectivity index (χ1) is 19.0. The number of aromatic nitrogens is 4. The lowest BCUT2D eigenvalue weighted by Gasteiger charge is -2.29. The molecule has 11 heteroatoms. The maximum atomic E-state index is 13.6. The van der Waals surface area contributed by atoms with Gasteiger partial charge in [-0.05, 0) is 46.8 Å². The van der Waals surface area contributed by atoms with E-state index in [0.717, 1.165) is 11.3 Å². The molecule has 5 heterocycles.